The van der Waals surface area contributed by atoms with Crippen LogP contribution in [0.5, 0.6) is 0 Å². The molecule has 1 aromatic carbocycles. The zero-order chi connectivity index (χ0) is 11.5. The highest BCUT2D eigenvalue weighted by molar-refractivity contribution is 9.10. The fraction of sp³-hybridized carbons (Fsp3) is 0.455. The molecular formula is C11H15BrFNO. The zero-order valence-electron chi connectivity index (χ0n) is 8.63. The van der Waals surface area contributed by atoms with Gasteiger partial charge in [-0.3, -0.25) is 0 Å². The Kier molecular flexibility index (Phi) is 4.25. The molecule has 0 aliphatic rings. The lowest BCUT2D eigenvalue weighted by molar-refractivity contribution is 0.0454. The van der Waals surface area contributed by atoms with Gasteiger partial charge in [-0.05, 0) is 34.0 Å². The van der Waals surface area contributed by atoms with Crippen molar-refractivity contribution in [1.29, 1.82) is 0 Å². The molecule has 1 rings (SSSR count). The van der Waals surface area contributed by atoms with Crippen molar-refractivity contribution < 1.29 is 9.50 Å². The molecule has 0 fully saturated rings. The quantitative estimate of drug-likeness (QED) is 0.885. The molecule has 0 aromatic heterocycles. The standard InChI is InChI=1S/C11H15BrFNO/c1-2-11(15,7-14)6-8-4-3-5-9(13)10(8)12/h3-5,15H,2,6-7,14H2,1H3. The number of nitrogens with two attached hydrogens (primary N) is 1. The lowest BCUT2D eigenvalue weighted by Gasteiger charge is -2.25. The van der Waals surface area contributed by atoms with Gasteiger partial charge in [0.15, 0.2) is 0 Å². The van der Waals surface area contributed by atoms with E-state index in [0.717, 1.165) is 5.56 Å². The predicted molar refractivity (Wildman–Crippen MR) is 62.1 cm³/mol. The molecule has 15 heavy (non-hydrogen) atoms. The first-order valence-electron chi connectivity index (χ1n) is 4.88. The van der Waals surface area contributed by atoms with Crippen molar-refractivity contribution in [3.63, 3.8) is 0 Å². The fourth-order valence-electron chi connectivity index (χ4n) is 1.38. The van der Waals surface area contributed by atoms with Crippen LogP contribution in [0, 0.1) is 5.82 Å². The Morgan fingerprint density at radius 1 is 1.53 bits per heavy atom. The predicted octanol–water partition coefficient (Wildman–Crippen LogP) is 2.23. The Labute approximate surface area is 97.4 Å². The molecule has 4 heteroatoms. The highest BCUT2D eigenvalue weighted by atomic mass is 79.9. The number of halogens is 2. The molecule has 0 saturated heterocycles. The summed E-state index contributed by atoms with van der Waals surface area (Å²) in [7, 11) is 0. The van der Waals surface area contributed by atoms with Crippen LogP contribution in [0.25, 0.3) is 0 Å². The van der Waals surface area contributed by atoms with Crippen LogP contribution in [0.3, 0.4) is 0 Å². The maximum atomic E-state index is 13.2. The van der Waals surface area contributed by atoms with Crippen molar-refractivity contribution in [2.45, 2.75) is 25.4 Å². The Morgan fingerprint density at radius 2 is 2.20 bits per heavy atom. The van der Waals surface area contributed by atoms with E-state index in [4.69, 9.17) is 5.73 Å². The van der Waals surface area contributed by atoms with Gasteiger partial charge >= 0.3 is 0 Å². The summed E-state index contributed by atoms with van der Waals surface area (Å²) in [4.78, 5) is 0. The van der Waals surface area contributed by atoms with E-state index in [-0.39, 0.29) is 12.4 Å². The van der Waals surface area contributed by atoms with Crippen LogP contribution in [0.15, 0.2) is 22.7 Å². The summed E-state index contributed by atoms with van der Waals surface area (Å²) < 4.78 is 13.6. The van der Waals surface area contributed by atoms with Crippen LogP contribution in [-0.4, -0.2) is 17.3 Å². The third kappa shape index (κ3) is 3.00. The molecule has 2 nitrogen and oxygen atoms in total. The summed E-state index contributed by atoms with van der Waals surface area (Å²) in [5.41, 5.74) is 5.29. The molecule has 0 radical (unpaired) electrons. The second-order valence-electron chi connectivity index (χ2n) is 3.67. The largest absolute Gasteiger partial charge is 0.388 e. The molecule has 1 aromatic rings. The van der Waals surface area contributed by atoms with E-state index in [1.54, 1.807) is 12.1 Å². The second-order valence-corrected chi connectivity index (χ2v) is 4.46. The van der Waals surface area contributed by atoms with Crippen molar-refractivity contribution in [3.8, 4) is 0 Å². The van der Waals surface area contributed by atoms with E-state index >= 15 is 0 Å². The molecule has 0 bridgehead atoms. The first-order chi connectivity index (χ1) is 7.02. The van der Waals surface area contributed by atoms with Crippen molar-refractivity contribution in [1.82, 2.24) is 0 Å². The minimum absolute atomic E-state index is 0.173. The third-order valence-electron chi connectivity index (χ3n) is 2.59. The highest BCUT2D eigenvalue weighted by Gasteiger charge is 2.24. The van der Waals surface area contributed by atoms with E-state index in [0.29, 0.717) is 17.3 Å². The first kappa shape index (κ1) is 12.6. The third-order valence-corrected chi connectivity index (χ3v) is 3.48. The fourth-order valence-corrected chi connectivity index (χ4v) is 1.79. The lowest BCUT2D eigenvalue weighted by Crippen LogP contribution is -2.39. The molecule has 1 atom stereocenters. The molecule has 0 heterocycles. The molecule has 3 N–H and O–H groups in total. The average Bonchev–Trinajstić information content (AvgIpc) is 2.25. The van der Waals surface area contributed by atoms with Crippen LogP contribution < -0.4 is 5.73 Å². The minimum atomic E-state index is -0.948. The van der Waals surface area contributed by atoms with Gasteiger partial charge in [-0.25, -0.2) is 4.39 Å². The topological polar surface area (TPSA) is 46.2 Å². The lowest BCUT2D eigenvalue weighted by atomic mass is 9.92. The van der Waals surface area contributed by atoms with Crippen molar-refractivity contribution in [2.75, 3.05) is 6.54 Å². The maximum Gasteiger partial charge on any atom is 0.137 e. The number of hydrogen-bond donors (Lipinski definition) is 2. The number of benzene rings is 1. The first-order valence-corrected chi connectivity index (χ1v) is 5.67. The second kappa shape index (κ2) is 5.05. The monoisotopic (exact) mass is 275 g/mol. The Bertz CT molecular complexity index is 339. The summed E-state index contributed by atoms with van der Waals surface area (Å²) in [5.74, 6) is -0.317. The van der Waals surface area contributed by atoms with Gasteiger partial charge < -0.3 is 10.8 Å². The average molecular weight is 276 g/mol. The molecule has 0 amide bonds. The van der Waals surface area contributed by atoms with E-state index < -0.39 is 5.60 Å². The van der Waals surface area contributed by atoms with E-state index in [2.05, 4.69) is 15.9 Å². The normalized spacial score (nSPS) is 15.0. The maximum absolute atomic E-state index is 13.2. The molecule has 1 unspecified atom stereocenters. The smallest absolute Gasteiger partial charge is 0.137 e. The van der Waals surface area contributed by atoms with E-state index in [1.165, 1.54) is 6.07 Å². The molecule has 0 aliphatic carbocycles. The van der Waals surface area contributed by atoms with Gasteiger partial charge in [0.1, 0.15) is 5.82 Å². The molecule has 84 valence electrons. The van der Waals surface area contributed by atoms with E-state index in [9.17, 15) is 9.50 Å². The van der Waals surface area contributed by atoms with Crippen LogP contribution >= 0.6 is 15.9 Å². The molecule has 0 spiro atoms. The van der Waals surface area contributed by atoms with Crippen LogP contribution in [0.4, 0.5) is 4.39 Å². The van der Waals surface area contributed by atoms with Crippen LogP contribution in [0.1, 0.15) is 18.9 Å². The Morgan fingerprint density at radius 3 is 2.73 bits per heavy atom. The van der Waals surface area contributed by atoms with Crippen LogP contribution in [-0.2, 0) is 6.42 Å². The van der Waals surface area contributed by atoms with Gasteiger partial charge in [0.05, 0.1) is 10.1 Å². The Hall–Kier alpha value is -0.450. The van der Waals surface area contributed by atoms with Crippen molar-refractivity contribution in [2.24, 2.45) is 5.73 Å². The summed E-state index contributed by atoms with van der Waals surface area (Å²) in [6.07, 6.45) is 0.908. The summed E-state index contributed by atoms with van der Waals surface area (Å²) in [6, 6.07) is 4.78. The summed E-state index contributed by atoms with van der Waals surface area (Å²) >= 11 is 3.16. The van der Waals surface area contributed by atoms with Crippen molar-refractivity contribution >= 4 is 15.9 Å². The number of hydrogen-bond acceptors (Lipinski definition) is 2. The van der Waals surface area contributed by atoms with Gasteiger partial charge in [0, 0.05) is 13.0 Å². The van der Waals surface area contributed by atoms with Gasteiger partial charge in [-0.2, -0.15) is 0 Å². The van der Waals surface area contributed by atoms with Crippen molar-refractivity contribution in [3.05, 3.63) is 34.1 Å². The summed E-state index contributed by atoms with van der Waals surface area (Å²) in [6.45, 7) is 2.03. The van der Waals surface area contributed by atoms with Gasteiger partial charge in [-0.15, -0.1) is 0 Å². The Balaban J connectivity index is 2.94. The van der Waals surface area contributed by atoms with Crippen LogP contribution in [0.2, 0.25) is 0 Å². The molecular weight excluding hydrogens is 261 g/mol. The molecule has 0 saturated carbocycles. The minimum Gasteiger partial charge on any atom is -0.388 e. The van der Waals surface area contributed by atoms with Gasteiger partial charge in [0.25, 0.3) is 0 Å². The zero-order valence-corrected chi connectivity index (χ0v) is 10.2. The molecule has 0 aliphatic heterocycles. The van der Waals surface area contributed by atoms with Gasteiger partial charge in [0.2, 0.25) is 0 Å². The SMILES string of the molecule is CCC(O)(CN)Cc1cccc(F)c1Br. The van der Waals surface area contributed by atoms with E-state index in [1.807, 2.05) is 6.92 Å². The summed E-state index contributed by atoms with van der Waals surface area (Å²) in [5, 5.41) is 10.0. The highest BCUT2D eigenvalue weighted by Crippen LogP contribution is 2.25. The number of rotatable bonds is 4. The van der Waals surface area contributed by atoms with Gasteiger partial charge in [-0.1, -0.05) is 19.1 Å². The number of aliphatic hydroxyl groups is 1.